The molecule has 0 aromatic rings. The lowest BCUT2D eigenvalue weighted by molar-refractivity contribution is -0.124. The lowest BCUT2D eigenvalue weighted by atomic mass is 9.85. The Morgan fingerprint density at radius 1 is 1.04 bits per heavy atom. The van der Waals surface area contributed by atoms with Gasteiger partial charge in [-0.1, -0.05) is 24.8 Å². The van der Waals surface area contributed by atoms with Gasteiger partial charge in [-0.25, -0.2) is 0 Å². The lowest BCUT2D eigenvalue weighted by Crippen LogP contribution is -2.33. The van der Waals surface area contributed by atoms with Gasteiger partial charge in [-0.3, -0.25) is 4.79 Å². The van der Waals surface area contributed by atoms with E-state index in [1.165, 1.54) is 56.9 Å². The number of ether oxygens (including phenoxy) is 1. The molecule has 0 heterocycles. The molecule has 1 fully saturated rings. The second-order valence-corrected chi connectivity index (χ2v) is 7.92. The Morgan fingerprint density at radius 3 is 2.65 bits per heavy atom. The fourth-order valence-electron chi connectivity index (χ4n) is 4.04. The van der Waals surface area contributed by atoms with Crippen molar-refractivity contribution in [2.45, 2.75) is 70.6 Å². The number of nitrogens with one attached hydrogen (secondary N) is 1. The zero-order chi connectivity index (χ0) is 16.1. The van der Waals surface area contributed by atoms with Crippen LogP contribution in [0.5, 0.6) is 0 Å². The van der Waals surface area contributed by atoms with Gasteiger partial charge in [-0.2, -0.15) is 0 Å². The highest BCUT2D eigenvalue weighted by atomic mass is 79.9. The van der Waals surface area contributed by atoms with Crippen LogP contribution in [-0.2, 0) is 9.53 Å². The summed E-state index contributed by atoms with van der Waals surface area (Å²) in [6, 6.07) is 0. The highest BCUT2D eigenvalue weighted by Crippen LogP contribution is 2.41. The van der Waals surface area contributed by atoms with E-state index in [0.29, 0.717) is 5.92 Å². The van der Waals surface area contributed by atoms with E-state index in [4.69, 9.17) is 4.74 Å². The SMILES string of the molecule is O=C(COC1=C(Br)C2=C(CCCC2)CC1)NCC1CCCCC1. The monoisotopic (exact) mass is 381 g/mol. The Balaban J connectivity index is 1.46. The first-order valence-corrected chi connectivity index (χ1v) is 10.0. The lowest BCUT2D eigenvalue weighted by Gasteiger charge is -2.27. The number of allylic oxidation sites excluding steroid dienone is 4. The molecule has 128 valence electrons. The quantitative estimate of drug-likeness (QED) is 0.729. The van der Waals surface area contributed by atoms with E-state index in [-0.39, 0.29) is 12.5 Å². The van der Waals surface area contributed by atoms with Crippen LogP contribution in [0.2, 0.25) is 0 Å². The number of carbonyl (C=O) groups excluding carboxylic acids is 1. The standard InChI is InChI=1S/C19H28BrNO2/c20-19-16-9-5-4-8-15(16)10-11-17(19)23-13-18(22)21-12-14-6-2-1-3-7-14/h14H,1-13H2,(H,21,22). The van der Waals surface area contributed by atoms with Gasteiger partial charge in [-0.15, -0.1) is 0 Å². The summed E-state index contributed by atoms with van der Waals surface area (Å²) in [6.45, 7) is 0.970. The second-order valence-electron chi connectivity index (χ2n) is 7.12. The highest BCUT2D eigenvalue weighted by molar-refractivity contribution is 9.12. The van der Waals surface area contributed by atoms with Gasteiger partial charge < -0.3 is 10.1 Å². The molecular weight excluding hydrogens is 354 g/mol. The average Bonchev–Trinajstić information content (AvgIpc) is 2.60. The third-order valence-electron chi connectivity index (χ3n) is 5.44. The van der Waals surface area contributed by atoms with E-state index < -0.39 is 0 Å². The zero-order valence-electron chi connectivity index (χ0n) is 14.0. The Hall–Kier alpha value is -0.770. The summed E-state index contributed by atoms with van der Waals surface area (Å²) in [4.78, 5) is 12.0. The minimum Gasteiger partial charge on any atom is -0.487 e. The Kier molecular flexibility index (Phi) is 6.21. The van der Waals surface area contributed by atoms with Crippen molar-refractivity contribution in [2.75, 3.05) is 13.2 Å². The molecule has 1 N–H and O–H groups in total. The van der Waals surface area contributed by atoms with Crippen molar-refractivity contribution >= 4 is 21.8 Å². The van der Waals surface area contributed by atoms with Crippen LogP contribution in [0.1, 0.15) is 70.6 Å². The number of halogens is 1. The van der Waals surface area contributed by atoms with E-state index in [9.17, 15) is 4.79 Å². The summed E-state index contributed by atoms with van der Waals surface area (Å²) in [7, 11) is 0. The predicted octanol–water partition coefficient (Wildman–Crippen LogP) is 4.97. The third-order valence-corrected chi connectivity index (χ3v) is 6.36. The second kappa shape index (κ2) is 8.36. The maximum absolute atomic E-state index is 12.0. The van der Waals surface area contributed by atoms with Crippen molar-refractivity contribution in [1.82, 2.24) is 5.32 Å². The molecule has 0 aromatic carbocycles. The minimum atomic E-state index is 0.0202. The van der Waals surface area contributed by atoms with Crippen LogP contribution in [0.25, 0.3) is 0 Å². The number of hydrogen-bond acceptors (Lipinski definition) is 2. The van der Waals surface area contributed by atoms with Crippen LogP contribution >= 0.6 is 15.9 Å². The van der Waals surface area contributed by atoms with Crippen LogP contribution in [-0.4, -0.2) is 19.1 Å². The van der Waals surface area contributed by atoms with E-state index in [2.05, 4.69) is 21.2 Å². The summed E-state index contributed by atoms with van der Waals surface area (Å²) < 4.78 is 6.96. The molecule has 0 saturated heterocycles. The van der Waals surface area contributed by atoms with Crippen molar-refractivity contribution in [1.29, 1.82) is 0 Å². The molecule has 0 bridgehead atoms. The predicted molar refractivity (Wildman–Crippen MR) is 96.2 cm³/mol. The van der Waals surface area contributed by atoms with Crippen LogP contribution in [0.4, 0.5) is 0 Å². The van der Waals surface area contributed by atoms with Gasteiger partial charge in [0.15, 0.2) is 6.61 Å². The van der Waals surface area contributed by atoms with Crippen molar-refractivity contribution in [3.05, 3.63) is 21.4 Å². The van der Waals surface area contributed by atoms with Gasteiger partial charge in [-0.05, 0) is 72.4 Å². The molecule has 3 nitrogen and oxygen atoms in total. The van der Waals surface area contributed by atoms with Gasteiger partial charge in [0.05, 0.1) is 4.48 Å². The molecule has 23 heavy (non-hydrogen) atoms. The van der Waals surface area contributed by atoms with E-state index >= 15 is 0 Å². The number of rotatable bonds is 5. The normalized spacial score (nSPS) is 22.8. The molecule has 0 aliphatic heterocycles. The summed E-state index contributed by atoms with van der Waals surface area (Å²) in [5, 5.41) is 3.05. The number of carbonyl (C=O) groups is 1. The fraction of sp³-hybridized carbons (Fsp3) is 0.737. The van der Waals surface area contributed by atoms with Crippen molar-refractivity contribution in [2.24, 2.45) is 5.92 Å². The van der Waals surface area contributed by atoms with Crippen molar-refractivity contribution in [3.63, 3.8) is 0 Å². The van der Waals surface area contributed by atoms with E-state index in [0.717, 1.165) is 36.0 Å². The molecule has 0 aromatic heterocycles. The third kappa shape index (κ3) is 4.62. The topological polar surface area (TPSA) is 38.3 Å². The fourth-order valence-corrected chi connectivity index (χ4v) is 4.83. The van der Waals surface area contributed by atoms with Crippen LogP contribution in [0.3, 0.4) is 0 Å². The smallest absolute Gasteiger partial charge is 0.257 e. The highest BCUT2D eigenvalue weighted by Gasteiger charge is 2.23. The first kappa shape index (κ1) is 17.1. The molecule has 3 aliphatic rings. The Morgan fingerprint density at radius 2 is 1.83 bits per heavy atom. The molecule has 3 rings (SSSR count). The van der Waals surface area contributed by atoms with E-state index in [1.807, 2.05) is 0 Å². The summed E-state index contributed by atoms with van der Waals surface area (Å²) in [5.41, 5.74) is 3.04. The minimum absolute atomic E-state index is 0.0202. The van der Waals surface area contributed by atoms with Gasteiger partial charge >= 0.3 is 0 Å². The summed E-state index contributed by atoms with van der Waals surface area (Å²) in [5.74, 6) is 1.66. The molecular formula is C19H28BrNO2. The molecule has 0 radical (unpaired) electrons. The van der Waals surface area contributed by atoms with Gasteiger partial charge in [0.25, 0.3) is 5.91 Å². The zero-order valence-corrected chi connectivity index (χ0v) is 15.6. The molecule has 0 atom stereocenters. The van der Waals surface area contributed by atoms with Crippen LogP contribution < -0.4 is 5.32 Å². The van der Waals surface area contributed by atoms with E-state index in [1.54, 1.807) is 5.57 Å². The van der Waals surface area contributed by atoms with Crippen molar-refractivity contribution < 1.29 is 9.53 Å². The first-order valence-electron chi connectivity index (χ1n) is 9.23. The molecule has 1 amide bonds. The molecule has 3 aliphatic carbocycles. The Bertz CT molecular complexity index is 503. The molecule has 0 spiro atoms. The van der Waals surface area contributed by atoms with Crippen LogP contribution in [0.15, 0.2) is 21.4 Å². The average molecular weight is 382 g/mol. The number of amides is 1. The van der Waals surface area contributed by atoms with Crippen molar-refractivity contribution in [3.8, 4) is 0 Å². The maximum atomic E-state index is 12.0. The molecule has 4 heteroatoms. The number of hydrogen-bond donors (Lipinski definition) is 1. The summed E-state index contributed by atoms with van der Waals surface area (Å²) in [6.07, 6.45) is 13.5. The first-order chi connectivity index (χ1) is 11.2. The van der Waals surface area contributed by atoms with Gasteiger partial charge in [0, 0.05) is 13.0 Å². The molecule has 0 unspecified atom stereocenters. The molecule has 1 saturated carbocycles. The summed E-state index contributed by atoms with van der Waals surface area (Å²) >= 11 is 3.71. The Labute approximate surface area is 148 Å². The maximum Gasteiger partial charge on any atom is 0.257 e. The van der Waals surface area contributed by atoms with Crippen LogP contribution in [0, 0.1) is 5.92 Å². The van der Waals surface area contributed by atoms with Gasteiger partial charge in [0.1, 0.15) is 5.76 Å². The van der Waals surface area contributed by atoms with Gasteiger partial charge in [0.2, 0.25) is 0 Å². The largest absolute Gasteiger partial charge is 0.487 e.